The average Bonchev–Trinajstić information content (AvgIpc) is 2.57. The molecule has 1 saturated carbocycles. The molecule has 1 fully saturated rings. The van der Waals surface area contributed by atoms with Gasteiger partial charge >= 0.3 is 0 Å². The summed E-state index contributed by atoms with van der Waals surface area (Å²) in [6.07, 6.45) is 4.54. The first-order chi connectivity index (χ1) is 8.57. The van der Waals surface area contributed by atoms with Crippen molar-refractivity contribution < 1.29 is 4.39 Å². The summed E-state index contributed by atoms with van der Waals surface area (Å²) in [6, 6.07) is 3.35. The number of aromatic nitrogens is 2. The molecule has 1 aliphatic carbocycles. The molecule has 0 spiro atoms. The molecule has 3 nitrogen and oxygen atoms in total. The van der Waals surface area contributed by atoms with Crippen molar-refractivity contribution in [1.29, 1.82) is 0 Å². The fraction of sp³-hybridized carbons (Fsp3) is 0.500. The molecule has 2 N–H and O–H groups in total. The molecule has 2 aromatic rings. The van der Waals surface area contributed by atoms with Crippen LogP contribution < -0.4 is 5.73 Å². The molecular formula is C14H18FN3. The van der Waals surface area contributed by atoms with Gasteiger partial charge in [-0.2, -0.15) is 0 Å². The van der Waals surface area contributed by atoms with Gasteiger partial charge in [0.1, 0.15) is 5.82 Å². The Morgan fingerprint density at radius 1 is 1.44 bits per heavy atom. The number of hydrogen-bond acceptors (Lipinski definition) is 2. The SMILES string of the molecule is CCC1(n2c(N)nc3cc(F)c(C)cc32)CCC1. The standard InChI is InChI=1S/C14H18FN3/c1-3-14(5-4-6-14)18-12-7-9(2)10(15)8-11(12)17-13(18)16/h7-8H,3-6H2,1-2H3,(H2,16,17). The van der Waals surface area contributed by atoms with Crippen LogP contribution in [0.1, 0.15) is 38.2 Å². The van der Waals surface area contributed by atoms with Crippen LogP contribution in [0.15, 0.2) is 12.1 Å². The van der Waals surface area contributed by atoms with E-state index in [4.69, 9.17) is 5.73 Å². The van der Waals surface area contributed by atoms with E-state index in [1.165, 1.54) is 12.5 Å². The lowest BCUT2D eigenvalue weighted by molar-refractivity contribution is 0.144. The van der Waals surface area contributed by atoms with Crippen LogP contribution in [0, 0.1) is 12.7 Å². The number of benzene rings is 1. The van der Waals surface area contributed by atoms with E-state index in [2.05, 4.69) is 16.5 Å². The maximum Gasteiger partial charge on any atom is 0.201 e. The van der Waals surface area contributed by atoms with Crippen LogP contribution in [0.2, 0.25) is 0 Å². The molecule has 1 heterocycles. The molecule has 1 aromatic carbocycles. The van der Waals surface area contributed by atoms with Gasteiger partial charge in [-0.1, -0.05) is 6.92 Å². The Morgan fingerprint density at radius 2 is 2.17 bits per heavy atom. The monoisotopic (exact) mass is 247 g/mol. The molecule has 1 aliphatic rings. The van der Waals surface area contributed by atoms with Gasteiger partial charge in [-0.3, -0.25) is 0 Å². The van der Waals surface area contributed by atoms with Gasteiger partial charge in [-0.05, 0) is 44.2 Å². The lowest BCUT2D eigenvalue weighted by atomic mass is 9.74. The summed E-state index contributed by atoms with van der Waals surface area (Å²) in [4.78, 5) is 4.31. The number of nitrogens with two attached hydrogens (primary N) is 1. The van der Waals surface area contributed by atoms with Crippen LogP contribution in [-0.4, -0.2) is 9.55 Å². The first kappa shape index (κ1) is 11.5. The summed E-state index contributed by atoms with van der Waals surface area (Å²) in [5.74, 6) is 0.294. The van der Waals surface area contributed by atoms with Crippen LogP contribution in [0.3, 0.4) is 0 Å². The molecule has 0 saturated heterocycles. The zero-order valence-corrected chi connectivity index (χ0v) is 10.8. The molecule has 4 heteroatoms. The highest BCUT2D eigenvalue weighted by atomic mass is 19.1. The Kier molecular flexibility index (Phi) is 2.37. The van der Waals surface area contributed by atoms with Gasteiger partial charge in [-0.15, -0.1) is 0 Å². The summed E-state index contributed by atoms with van der Waals surface area (Å²) in [5, 5.41) is 0. The molecule has 0 aliphatic heterocycles. The first-order valence-corrected chi connectivity index (χ1v) is 6.52. The van der Waals surface area contributed by atoms with Crippen molar-refractivity contribution in [2.75, 3.05) is 5.73 Å². The number of fused-ring (bicyclic) bond motifs is 1. The molecule has 1 aromatic heterocycles. The maximum absolute atomic E-state index is 13.6. The maximum atomic E-state index is 13.6. The van der Waals surface area contributed by atoms with Crippen LogP contribution >= 0.6 is 0 Å². The Hall–Kier alpha value is -1.58. The Morgan fingerprint density at radius 3 is 2.72 bits per heavy atom. The fourth-order valence-corrected chi connectivity index (χ4v) is 3.04. The molecule has 96 valence electrons. The number of nitrogens with zero attached hydrogens (tertiary/aromatic N) is 2. The van der Waals surface area contributed by atoms with Crippen LogP contribution in [0.5, 0.6) is 0 Å². The van der Waals surface area contributed by atoms with Crippen LogP contribution in [0.25, 0.3) is 11.0 Å². The zero-order chi connectivity index (χ0) is 12.9. The van der Waals surface area contributed by atoms with Crippen molar-refractivity contribution in [1.82, 2.24) is 9.55 Å². The summed E-state index contributed by atoms with van der Waals surface area (Å²) in [6.45, 7) is 3.96. The molecule has 0 unspecified atom stereocenters. The van der Waals surface area contributed by atoms with E-state index in [1.807, 2.05) is 6.07 Å². The van der Waals surface area contributed by atoms with Crippen molar-refractivity contribution in [3.63, 3.8) is 0 Å². The molecule has 0 atom stereocenters. The lowest BCUT2D eigenvalue weighted by Gasteiger charge is -2.43. The third-order valence-electron chi connectivity index (χ3n) is 4.38. The van der Waals surface area contributed by atoms with Crippen molar-refractivity contribution in [2.45, 2.75) is 45.1 Å². The molecular weight excluding hydrogens is 229 g/mol. The van der Waals surface area contributed by atoms with Gasteiger partial charge < -0.3 is 10.3 Å². The Labute approximate surface area is 106 Å². The minimum absolute atomic E-state index is 0.100. The van der Waals surface area contributed by atoms with E-state index in [1.54, 1.807) is 6.92 Å². The normalized spacial score (nSPS) is 17.9. The fourth-order valence-electron chi connectivity index (χ4n) is 3.04. The van der Waals surface area contributed by atoms with E-state index >= 15 is 0 Å². The van der Waals surface area contributed by atoms with Gasteiger partial charge in [0, 0.05) is 11.6 Å². The van der Waals surface area contributed by atoms with Gasteiger partial charge in [-0.25, -0.2) is 9.37 Å². The summed E-state index contributed by atoms with van der Waals surface area (Å²) >= 11 is 0. The predicted molar refractivity (Wildman–Crippen MR) is 71.0 cm³/mol. The van der Waals surface area contributed by atoms with E-state index in [-0.39, 0.29) is 11.4 Å². The Bertz CT molecular complexity index is 606. The third-order valence-corrected chi connectivity index (χ3v) is 4.38. The largest absolute Gasteiger partial charge is 0.369 e. The average molecular weight is 247 g/mol. The molecule has 0 amide bonds. The predicted octanol–water partition coefficient (Wildman–Crippen LogP) is 3.36. The van der Waals surface area contributed by atoms with Gasteiger partial charge in [0.05, 0.1) is 11.0 Å². The minimum atomic E-state index is -0.216. The molecule has 18 heavy (non-hydrogen) atoms. The van der Waals surface area contributed by atoms with Crippen molar-refractivity contribution >= 4 is 17.0 Å². The van der Waals surface area contributed by atoms with Gasteiger partial charge in [0.15, 0.2) is 0 Å². The summed E-state index contributed by atoms with van der Waals surface area (Å²) in [5.41, 5.74) is 8.43. The second kappa shape index (κ2) is 3.70. The highest BCUT2D eigenvalue weighted by Crippen LogP contribution is 2.45. The van der Waals surface area contributed by atoms with Crippen molar-refractivity contribution in [3.8, 4) is 0 Å². The topological polar surface area (TPSA) is 43.8 Å². The van der Waals surface area contributed by atoms with Crippen LogP contribution in [0.4, 0.5) is 10.3 Å². The minimum Gasteiger partial charge on any atom is -0.369 e. The smallest absolute Gasteiger partial charge is 0.201 e. The molecule has 3 rings (SSSR count). The summed E-state index contributed by atoms with van der Waals surface area (Å²) < 4.78 is 15.7. The zero-order valence-electron chi connectivity index (χ0n) is 10.8. The third kappa shape index (κ3) is 1.38. The number of halogens is 1. The van der Waals surface area contributed by atoms with E-state index in [9.17, 15) is 4.39 Å². The van der Waals surface area contributed by atoms with E-state index in [0.717, 1.165) is 24.8 Å². The second-order valence-corrected chi connectivity index (χ2v) is 5.33. The van der Waals surface area contributed by atoms with Crippen molar-refractivity contribution in [2.24, 2.45) is 0 Å². The summed E-state index contributed by atoms with van der Waals surface area (Å²) in [7, 11) is 0. The highest BCUT2D eigenvalue weighted by Gasteiger charge is 2.39. The number of nitrogen functional groups attached to an aromatic ring is 1. The van der Waals surface area contributed by atoms with E-state index in [0.29, 0.717) is 17.0 Å². The number of rotatable bonds is 2. The van der Waals surface area contributed by atoms with Gasteiger partial charge in [0.25, 0.3) is 0 Å². The number of aryl methyl sites for hydroxylation is 1. The molecule has 0 bridgehead atoms. The first-order valence-electron chi connectivity index (χ1n) is 6.52. The second-order valence-electron chi connectivity index (χ2n) is 5.33. The highest BCUT2D eigenvalue weighted by molar-refractivity contribution is 5.79. The lowest BCUT2D eigenvalue weighted by Crippen LogP contribution is -2.40. The van der Waals surface area contributed by atoms with Gasteiger partial charge in [0.2, 0.25) is 5.95 Å². The molecule has 0 radical (unpaired) electrons. The number of hydrogen-bond donors (Lipinski definition) is 1. The Balaban J connectivity index is 2.28. The van der Waals surface area contributed by atoms with Crippen molar-refractivity contribution in [3.05, 3.63) is 23.5 Å². The number of anilines is 1. The van der Waals surface area contributed by atoms with Crippen LogP contribution in [-0.2, 0) is 5.54 Å². The number of imidazole rings is 1. The quantitative estimate of drug-likeness (QED) is 0.884. The van der Waals surface area contributed by atoms with E-state index < -0.39 is 0 Å².